The van der Waals surface area contributed by atoms with E-state index in [1.54, 1.807) is 0 Å². The molecule has 0 spiro atoms. The monoisotopic (exact) mass is 288 g/mol. The number of amides is 1. The lowest BCUT2D eigenvalue weighted by Gasteiger charge is -2.32. The summed E-state index contributed by atoms with van der Waals surface area (Å²) in [5, 5.41) is 0.357. The number of hydrogen-bond donors (Lipinski definition) is 1. The molecule has 1 aliphatic rings. The van der Waals surface area contributed by atoms with Crippen molar-refractivity contribution in [1.82, 2.24) is 4.90 Å². The molecular weight excluding hydrogens is 274 g/mol. The van der Waals surface area contributed by atoms with Crippen molar-refractivity contribution in [3.05, 3.63) is 34.9 Å². The van der Waals surface area contributed by atoms with Crippen molar-refractivity contribution in [2.75, 3.05) is 13.1 Å². The molecule has 2 N–H and O–H groups in total. The van der Waals surface area contributed by atoms with Gasteiger partial charge in [-0.3, -0.25) is 4.79 Å². The fraction of sp³-hybridized carbons (Fsp3) is 0.462. The topological polar surface area (TPSA) is 46.3 Å². The molecule has 1 fully saturated rings. The highest BCUT2D eigenvalue weighted by Crippen LogP contribution is 2.31. The number of hydrogen-bond acceptors (Lipinski definition) is 2. The standard InChI is InChI=1S/C13H15ClF2N2O/c14-10-3-1-9(2-4-10)13(15,16)12(19)18-7-5-11(17)6-8-18/h1-4,11H,5-8,17H2. The molecule has 1 aromatic rings. The summed E-state index contributed by atoms with van der Waals surface area (Å²) < 4.78 is 28.2. The number of likely N-dealkylation sites (tertiary alicyclic amines) is 1. The number of benzene rings is 1. The second-order valence-corrected chi connectivity index (χ2v) is 5.15. The van der Waals surface area contributed by atoms with Crippen molar-refractivity contribution in [2.24, 2.45) is 5.73 Å². The number of halogens is 3. The second-order valence-electron chi connectivity index (χ2n) is 4.71. The van der Waals surface area contributed by atoms with Gasteiger partial charge in [-0.1, -0.05) is 23.7 Å². The summed E-state index contributed by atoms with van der Waals surface area (Å²) in [5.74, 6) is -4.69. The molecule has 1 heterocycles. The van der Waals surface area contributed by atoms with Crippen molar-refractivity contribution in [1.29, 1.82) is 0 Å². The van der Waals surface area contributed by atoms with E-state index in [4.69, 9.17) is 17.3 Å². The summed E-state index contributed by atoms with van der Waals surface area (Å²) in [6.07, 6.45) is 1.12. The Morgan fingerprint density at radius 2 is 1.79 bits per heavy atom. The Morgan fingerprint density at radius 3 is 2.32 bits per heavy atom. The van der Waals surface area contributed by atoms with Gasteiger partial charge in [0.25, 0.3) is 5.91 Å². The van der Waals surface area contributed by atoms with Crippen LogP contribution in [0.1, 0.15) is 18.4 Å². The summed E-state index contributed by atoms with van der Waals surface area (Å²) in [5.41, 5.74) is 5.36. The van der Waals surface area contributed by atoms with Gasteiger partial charge in [0.1, 0.15) is 0 Å². The first-order chi connectivity index (χ1) is 8.91. The van der Waals surface area contributed by atoms with Gasteiger partial charge in [-0.2, -0.15) is 8.78 Å². The predicted octanol–water partition coefficient (Wildman–Crippen LogP) is 2.38. The molecule has 1 amide bonds. The lowest BCUT2D eigenvalue weighted by Crippen LogP contribution is -2.48. The minimum atomic E-state index is -3.52. The van der Waals surface area contributed by atoms with Crippen molar-refractivity contribution in [3.63, 3.8) is 0 Å². The Labute approximate surface area is 115 Å². The SMILES string of the molecule is NC1CCN(C(=O)C(F)(F)c2ccc(Cl)cc2)CC1. The molecule has 1 saturated heterocycles. The third kappa shape index (κ3) is 3.04. The van der Waals surface area contributed by atoms with Gasteiger partial charge in [0, 0.05) is 29.7 Å². The molecule has 0 radical (unpaired) electrons. The second kappa shape index (κ2) is 5.43. The van der Waals surface area contributed by atoms with Gasteiger partial charge in [0.05, 0.1) is 0 Å². The lowest BCUT2D eigenvalue weighted by atomic mass is 10.0. The van der Waals surface area contributed by atoms with Gasteiger partial charge >= 0.3 is 5.92 Å². The highest BCUT2D eigenvalue weighted by Gasteiger charge is 2.44. The normalized spacial score (nSPS) is 17.6. The minimum absolute atomic E-state index is 0.00629. The van der Waals surface area contributed by atoms with Crippen LogP contribution in [-0.2, 0) is 10.7 Å². The van der Waals surface area contributed by atoms with Crippen molar-refractivity contribution < 1.29 is 13.6 Å². The van der Waals surface area contributed by atoms with Crippen LogP contribution in [0, 0.1) is 0 Å². The smallest absolute Gasteiger partial charge is 0.337 e. The molecule has 3 nitrogen and oxygen atoms in total. The number of nitrogens with two attached hydrogens (primary N) is 1. The summed E-state index contributed by atoms with van der Waals surface area (Å²) in [7, 11) is 0. The maximum Gasteiger partial charge on any atom is 0.349 e. The molecule has 0 unspecified atom stereocenters. The Bertz CT molecular complexity index is 456. The molecule has 1 aromatic carbocycles. The molecule has 19 heavy (non-hydrogen) atoms. The Hall–Kier alpha value is -1.20. The van der Waals surface area contributed by atoms with Crippen LogP contribution in [-0.4, -0.2) is 29.9 Å². The largest absolute Gasteiger partial charge is 0.349 e. The zero-order valence-corrected chi connectivity index (χ0v) is 11.0. The third-order valence-electron chi connectivity index (χ3n) is 3.30. The molecule has 1 aliphatic heterocycles. The first-order valence-corrected chi connectivity index (χ1v) is 6.48. The maximum absolute atomic E-state index is 14.1. The van der Waals surface area contributed by atoms with Gasteiger partial charge in [-0.05, 0) is 25.0 Å². The number of carbonyl (C=O) groups is 1. The predicted molar refractivity (Wildman–Crippen MR) is 69.1 cm³/mol. The lowest BCUT2D eigenvalue weighted by molar-refractivity contribution is -0.160. The summed E-state index contributed by atoms with van der Waals surface area (Å²) >= 11 is 5.65. The molecule has 0 atom stereocenters. The van der Waals surface area contributed by atoms with Crippen LogP contribution in [0.25, 0.3) is 0 Å². The zero-order valence-electron chi connectivity index (χ0n) is 10.3. The van der Waals surface area contributed by atoms with Gasteiger partial charge in [0.2, 0.25) is 0 Å². The van der Waals surface area contributed by atoms with Gasteiger partial charge < -0.3 is 10.6 Å². The van der Waals surface area contributed by atoms with Gasteiger partial charge in [0.15, 0.2) is 0 Å². The molecule has 0 aliphatic carbocycles. The van der Waals surface area contributed by atoms with Crippen LogP contribution in [0.2, 0.25) is 5.02 Å². The molecule has 104 valence electrons. The Kier molecular flexibility index (Phi) is 4.06. The van der Waals surface area contributed by atoms with E-state index in [-0.39, 0.29) is 24.7 Å². The fourth-order valence-electron chi connectivity index (χ4n) is 2.08. The molecule has 0 aromatic heterocycles. The first kappa shape index (κ1) is 14.2. The van der Waals surface area contributed by atoms with Crippen molar-refractivity contribution >= 4 is 17.5 Å². The number of carbonyl (C=O) groups excluding carboxylic acids is 1. The first-order valence-electron chi connectivity index (χ1n) is 6.10. The number of nitrogens with zero attached hydrogens (tertiary/aromatic N) is 1. The van der Waals surface area contributed by atoms with E-state index in [2.05, 4.69) is 0 Å². The highest BCUT2D eigenvalue weighted by atomic mass is 35.5. The zero-order chi connectivity index (χ0) is 14.0. The molecule has 0 bridgehead atoms. The molecule has 0 saturated carbocycles. The van der Waals surface area contributed by atoms with Crippen LogP contribution in [0.5, 0.6) is 0 Å². The fourth-order valence-corrected chi connectivity index (χ4v) is 2.21. The van der Waals surface area contributed by atoms with Crippen LogP contribution in [0.15, 0.2) is 24.3 Å². The minimum Gasteiger partial charge on any atom is -0.337 e. The van der Waals surface area contributed by atoms with E-state index < -0.39 is 11.8 Å². The van der Waals surface area contributed by atoms with Crippen LogP contribution in [0.4, 0.5) is 8.78 Å². The summed E-state index contributed by atoms with van der Waals surface area (Å²) in [4.78, 5) is 13.1. The van der Waals surface area contributed by atoms with E-state index in [9.17, 15) is 13.6 Å². The number of alkyl halides is 2. The van der Waals surface area contributed by atoms with Gasteiger partial charge in [-0.15, -0.1) is 0 Å². The maximum atomic E-state index is 14.1. The highest BCUT2D eigenvalue weighted by molar-refractivity contribution is 6.30. The molecule has 6 heteroatoms. The van der Waals surface area contributed by atoms with E-state index in [1.807, 2.05) is 0 Å². The average molecular weight is 289 g/mol. The summed E-state index contributed by atoms with van der Waals surface area (Å²) in [6, 6.07) is 5.05. The quantitative estimate of drug-likeness (QED) is 0.908. The Balaban J connectivity index is 2.14. The van der Waals surface area contributed by atoms with E-state index in [0.29, 0.717) is 17.9 Å². The van der Waals surface area contributed by atoms with Crippen LogP contribution in [0.3, 0.4) is 0 Å². The summed E-state index contributed by atoms with van der Waals surface area (Å²) in [6.45, 7) is 0.562. The average Bonchev–Trinajstić information content (AvgIpc) is 2.39. The Morgan fingerprint density at radius 1 is 1.26 bits per heavy atom. The molecular formula is C13H15ClF2N2O. The van der Waals surface area contributed by atoms with Crippen molar-refractivity contribution in [2.45, 2.75) is 24.8 Å². The van der Waals surface area contributed by atoms with Gasteiger partial charge in [-0.25, -0.2) is 0 Å². The number of piperidine rings is 1. The number of rotatable bonds is 2. The van der Waals surface area contributed by atoms with Crippen LogP contribution < -0.4 is 5.73 Å². The van der Waals surface area contributed by atoms with E-state index in [1.165, 1.54) is 29.2 Å². The van der Waals surface area contributed by atoms with E-state index in [0.717, 1.165) is 0 Å². The third-order valence-corrected chi connectivity index (χ3v) is 3.55. The van der Waals surface area contributed by atoms with E-state index >= 15 is 0 Å². The van der Waals surface area contributed by atoms with Crippen LogP contribution >= 0.6 is 11.6 Å². The van der Waals surface area contributed by atoms with Crippen molar-refractivity contribution in [3.8, 4) is 0 Å². The molecule has 2 rings (SSSR count).